The molecule has 2 aromatic heterocycles. The molecule has 1 amide bonds. The normalized spacial score (nSPS) is 11.1. The van der Waals surface area contributed by atoms with E-state index in [1.165, 1.54) is 0 Å². The van der Waals surface area contributed by atoms with Gasteiger partial charge in [0.2, 0.25) is 0 Å². The number of carbonyl (C=O) groups excluding carboxylic acids is 2. The van der Waals surface area contributed by atoms with Gasteiger partial charge in [-0.15, -0.1) is 0 Å². The molecule has 0 spiro atoms. The van der Waals surface area contributed by atoms with Crippen LogP contribution >= 0.6 is 11.6 Å². The van der Waals surface area contributed by atoms with Gasteiger partial charge < -0.3 is 9.88 Å². The number of benzene rings is 1. The molecule has 0 atom stereocenters. The molecular weight excluding hydrogens is 350 g/mol. The fourth-order valence-corrected chi connectivity index (χ4v) is 2.96. The topological polar surface area (TPSA) is 64.0 Å². The van der Waals surface area contributed by atoms with Crippen molar-refractivity contribution in [3.05, 3.63) is 59.0 Å². The number of rotatable bonds is 5. The van der Waals surface area contributed by atoms with Gasteiger partial charge in [0.05, 0.1) is 5.69 Å². The van der Waals surface area contributed by atoms with Crippen molar-refractivity contribution in [3.8, 4) is 0 Å². The molecule has 0 saturated carbocycles. The van der Waals surface area contributed by atoms with E-state index >= 15 is 0 Å². The SMILES string of the molecule is CC(C)C(=O)Cc1ccc(NC(=O)c2cc3ccccc3n2C)c(Cl)n1. The molecule has 1 aromatic carbocycles. The van der Waals surface area contributed by atoms with E-state index in [2.05, 4.69) is 10.3 Å². The minimum atomic E-state index is -0.265. The number of anilines is 1. The molecule has 0 aliphatic rings. The van der Waals surface area contributed by atoms with Crippen LogP contribution < -0.4 is 5.32 Å². The second-order valence-corrected chi connectivity index (χ2v) is 6.90. The first-order chi connectivity index (χ1) is 12.4. The Balaban J connectivity index is 1.80. The molecular formula is C20H20ClN3O2. The van der Waals surface area contributed by atoms with Crippen molar-refractivity contribution in [1.82, 2.24) is 9.55 Å². The van der Waals surface area contributed by atoms with Crippen molar-refractivity contribution < 1.29 is 9.59 Å². The largest absolute Gasteiger partial charge is 0.340 e. The Morgan fingerprint density at radius 1 is 1.19 bits per heavy atom. The second-order valence-electron chi connectivity index (χ2n) is 6.54. The number of aromatic nitrogens is 2. The third-order valence-corrected chi connectivity index (χ3v) is 4.63. The number of carbonyl (C=O) groups is 2. The van der Waals surface area contributed by atoms with Crippen LogP contribution in [0.2, 0.25) is 5.15 Å². The lowest BCUT2D eigenvalue weighted by atomic mass is 10.0. The molecule has 134 valence electrons. The predicted octanol–water partition coefficient (Wildman–Crippen LogP) is 4.25. The van der Waals surface area contributed by atoms with Crippen LogP contribution in [0.1, 0.15) is 30.0 Å². The number of amides is 1. The van der Waals surface area contributed by atoms with Crippen LogP contribution in [0.5, 0.6) is 0 Å². The molecule has 2 heterocycles. The van der Waals surface area contributed by atoms with Gasteiger partial charge in [0.25, 0.3) is 5.91 Å². The summed E-state index contributed by atoms with van der Waals surface area (Å²) < 4.78 is 1.83. The molecule has 0 aliphatic heterocycles. The molecule has 0 unspecified atom stereocenters. The highest BCUT2D eigenvalue weighted by molar-refractivity contribution is 6.32. The maximum absolute atomic E-state index is 12.6. The van der Waals surface area contributed by atoms with Gasteiger partial charge in [-0.2, -0.15) is 0 Å². The molecule has 1 N–H and O–H groups in total. The third kappa shape index (κ3) is 3.63. The van der Waals surface area contributed by atoms with E-state index < -0.39 is 0 Å². The molecule has 0 aliphatic carbocycles. The minimum absolute atomic E-state index is 0.0542. The van der Waals surface area contributed by atoms with E-state index in [4.69, 9.17) is 11.6 Å². The van der Waals surface area contributed by atoms with Gasteiger partial charge in [-0.25, -0.2) is 4.98 Å². The van der Waals surface area contributed by atoms with Crippen molar-refractivity contribution in [3.63, 3.8) is 0 Å². The fourth-order valence-electron chi connectivity index (χ4n) is 2.74. The van der Waals surface area contributed by atoms with Crippen LogP contribution in [0.15, 0.2) is 42.5 Å². The Bertz CT molecular complexity index is 992. The molecule has 0 bridgehead atoms. The van der Waals surface area contributed by atoms with Crippen LogP contribution in [-0.4, -0.2) is 21.2 Å². The van der Waals surface area contributed by atoms with Crippen LogP contribution in [0.3, 0.4) is 0 Å². The number of para-hydroxylation sites is 1. The average Bonchev–Trinajstić information content (AvgIpc) is 2.94. The van der Waals surface area contributed by atoms with Crippen molar-refractivity contribution in [1.29, 1.82) is 0 Å². The third-order valence-electron chi connectivity index (χ3n) is 4.34. The molecule has 3 rings (SSSR count). The lowest BCUT2D eigenvalue weighted by molar-refractivity contribution is -0.121. The molecule has 5 nitrogen and oxygen atoms in total. The van der Waals surface area contributed by atoms with Crippen molar-refractivity contribution in [2.24, 2.45) is 13.0 Å². The lowest BCUT2D eigenvalue weighted by Gasteiger charge is -2.09. The van der Waals surface area contributed by atoms with E-state index in [9.17, 15) is 9.59 Å². The summed E-state index contributed by atoms with van der Waals surface area (Å²) >= 11 is 6.20. The number of ketones is 1. The van der Waals surface area contributed by atoms with Gasteiger partial charge in [0, 0.05) is 36.0 Å². The number of hydrogen-bond acceptors (Lipinski definition) is 3. The van der Waals surface area contributed by atoms with Crippen LogP contribution in [0.25, 0.3) is 10.9 Å². The zero-order valence-corrected chi connectivity index (χ0v) is 15.7. The molecule has 3 aromatic rings. The monoisotopic (exact) mass is 369 g/mol. The highest BCUT2D eigenvalue weighted by atomic mass is 35.5. The number of halogens is 1. The summed E-state index contributed by atoms with van der Waals surface area (Å²) in [7, 11) is 1.84. The van der Waals surface area contributed by atoms with E-state index in [1.54, 1.807) is 12.1 Å². The van der Waals surface area contributed by atoms with Crippen molar-refractivity contribution in [2.75, 3.05) is 5.32 Å². The first-order valence-corrected chi connectivity index (χ1v) is 8.78. The average molecular weight is 370 g/mol. The van der Waals surface area contributed by atoms with Crippen molar-refractivity contribution >= 4 is 39.9 Å². The van der Waals surface area contributed by atoms with Crippen LogP contribution in [0.4, 0.5) is 5.69 Å². The number of nitrogens with zero attached hydrogens (tertiary/aromatic N) is 2. The summed E-state index contributed by atoms with van der Waals surface area (Å²) in [5.41, 5.74) is 2.52. The summed E-state index contributed by atoms with van der Waals surface area (Å²) in [4.78, 5) is 28.7. The Labute approximate surface area is 157 Å². The van der Waals surface area contributed by atoms with Gasteiger partial charge in [-0.1, -0.05) is 43.6 Å². The predicted molar refractivity (Wildman–Crippen MR) is 104 cm³/mol. The molecule has 6 heteroatoms. The number of pyridine rings is 1. The summed E-state index contributed by atoms with van der Waals surface area (Å²) in [6, 6.07) is 13.0. The summed E-state index contributed by atoms with van der Waals surface area (Å²) in [5, 5.41) is 3.96. The fraction of sp³-hybridized carbons (Fsp3) is 0.250. The smallest absolute Gasteiger partial charge is 0.272 e. The number of hydrogen-bond donors (Lipinski definition) is 1. The Hall–Kier alpha value is -2.66. The summed E-state index contributed by atoms with van der Waals surface area (Å²) in [6.45, 7) is 3.70. The Morgan fingerprint density at radius 2 is 1.92 bits per heavy atom. The molecule has 0 fully saturated rings. The van der Waals surface area contributed by atoms with E-state index in [0.29, 0.717) is 17.1 Å². The summed E-state index contributed by atoms with van der Waals surface area (Å²) in [5.74, 6) is -0.222. The zero-order valence-electron chi connectivity index (χ0n) is 14.9. The molecule has 26 heavy (non-hydrogen) atoms. The van der Waals surface area contributed by atoms with E-state index in [1.807, 2.05) is 55.8 Å². The number of fused-ring (bicyclic) bond motifs is 1. The number of aryl methyl sites for hydroxylation is 1. The zero-order chi connectivity index (χ0) is 18.8. The van der Waals surface area contributed by atoms with Gasteiger partial charge in [0.1, 0.15) is 11.5 Å². The maximum atomic E-state index is 12.6. The second kappa shape index (κ2) is 7.30. The molecule has 0 radical (unpaired) electrons. The minimum Gasteiger partial charge on any atom is -0.340 e. The van der Waals surface area contributed by atoms with Gasteiger partial charge in [-0.05, 0) is 24.3 Å². The van der Waals surface area contributed by atoms with Gasteiger partial charge >= 0.3 is 0 Å². The van der Waals surface area contributed by atoms with Crippen LogP contribution in [-0.2, 0) is 18.3 Å². The first kappa shape index (κ1) is 18.1. The van der Waals surface area contributed by atoms with E-state index in [-0.39, 0.29) is 29.2 Å². The Kier molecular flexibility index (Phi) is 5.09. The lowest BCUT2D eigenvalue weighted by Crippen LogP contribution is -2.16. The highest BCUT2D eigenvalue weighted by Crippen LogP contribution is 2.23. The first-order valence-electron chi connectivity index (χ1n) is 8.40. The molecule has 0 saturated heterocycles. The number of nitrogens with one attached hydrogen (secondary N) is 1. The van der Waals surface area contributed by atoms with Gasteiger partial charge in [0.15, 0.2) is 5.15 Å². The Morgan fingerprint density at radius 3 is 2.58 bits per heavy atom. The van der Waals surface area contributed by atoms with E-state index in [0.717, 1.165) is 10.9 Å². The van der Waals surface area contributed by atoms with Crippen LogP contribution in [0, 0.1) is 5.92 Å². The highest BCUT2D eigenvalue weighted by Gasteiger charge is 2.16. The van der Waals surface area contributed by atoms with Crippen molar-refractivity contribution in [2.45, 2.75) is 20.3 Å². The quantitative estimate of drug-likeness (QED) is 0.684. The maximum Gasteiger partial charge on any atom is 0.272 e. The summed E-state index contributed by atoms with van der Waals surface area (Å²) in [6.07, 6.45) is 0.231. The standard InChI is InChI=1S/C20H20ClN3O2/c1-12(2)18(25)11-14-8-9-15(19(21)22-14)23-20(26)17-10-13-6-4-5-7-16(13)24(17)3/h4-10,12H,11H2,1-3H3,(H,23,26). The number of Topliss-reactive ketones (excluding diaryl/α,β-unsaturated/α-hetero) is 1. The van der Waals surface area contributed by atoms with Gasteiger partial charge in [-0.3, -0.25) is 9.59 Å².